The lowest BCUT2D eigenvalue weighted by Crippen LogP contribution is -2.28. The first-order valence-electron chi connectivity index (χ1n) is 4.18. The molecule has 14 heavy (non-hydrogen) atoms. The van der Waals surface area contributed by atoms with E-state index in [1.807, 2.05) is 0 Å². The van der Waals surface area contributed by atoms with Gasteiger partial charge < -0.3 is 10.4 Å². The van der Waals surface area contributed by atoms with E-state index in [1.54, 1.807) is 0 Å². The third kappa shape index (κ3) is 1.33. The summed E-state index contributed by atoms with van der Waals surface area (Å²) < 4.78 is 38.6. The maximum absolute atomic E-state index is 13.1. The molecule has 5 heteroatoms. The number of anilines is 1. The second-order valence-corrected chi connectivity index (χ2v) is 3.26. The maximum Gasteiger partial charge on any atom is 0.196 e. The fraction of sp³-hybridized carbons (Fsp3) is 0.333. The first-order chi connectivity index (χ1) is 6.59. The normalized spacial score (nSPS) is 20.1. The minimum atomic E-state index is -1.48. The summed E-state index contributed by atoms with van der Waals surface area (Å²) in [7, 11) is 0. The fourth-order valence-electron chi connectivity index (χ4n) is 1.54. The van der Waals surface area contributed by atoms with Crippen LogP contribution in [0.1, 0.15) is 5.56 Å². The van der Waals surface area contributed by atoms with Gasteiger partial charge in [0, 0.05) is 13.0 Å². The zero-order valence-electron chi connectivity index (χ0n) is 7.15. The van der Waals surface area contributed by atoms with Crippen molar-refractivity contribution in [2.75, 3.05) is 11.9 Å². The predicted octanol–water partition coefficient (Wildman–Crippen LogP) is 1.43. The van der Waals surface area contributed by atoms with Crippen LogP contribution in [-0.4, -0.2) is 17.8 Å². The number of fused-ring (bicyclic) bond motifs is 1. The molecule has 2 nitrogen and oxygen atoms in total. The largest absolute Gasteiger partial charge is 0.391 e. The summed E-state index contributed by atoms with van der Waals surface area (Å²) in [5.41, 5.74) is 0.217. The van der Waals surface area contributed by atoms with Crippen LogP contribution in [0, 0.1) is 17.5 Å². The molecular weight excluding hydrogens is 195 g/mol. The van der Waals surface area contributed by atoms with Crippen LogP contribution in [0.2, 0.25) is 0 Å². The summed E-state index contributed by atoms with van der Waals surface area (Å²) in [5, 5.41) is 11.7. The van der Waals surface area contributed by atoms with Crippen molar-refractivity contribution in [1.29, 1.82) is 0 Å². The Morgan fingerprint density at radius 3 is 2.71 bits per heavy atom. The van der Waals surface area contributed by atoms with E-state index in [4.69, 9.17) is 0 Å². The van der Waals surface area contributed by atoms with Crippen molar-refractivity contribution in [3.8, 4) is 0 Å². The second kappa shape index (κ2) is 3.16. The number of β-amino-alcohol motifs (C(OH)–C–C–N with tert-alkyl or cyclic N) is 1. The van der Waals surface area contributed by atoms with Crippen LogP contribution >= 0.6 is 0 Å². The maximum atomic E-state index is 13.1. The number of rotatable bonds is 0. The molecule has 0 saturated carbocycles. The Balaban J connectivity index is 2.54. The summed E-state index contributed by atoms with van der Waals surface area (Å²) in [6.45, 7) is 0.148. The van der Waals surface area contributed by atoms with Gasteiger partial charge in [-0.1, -0.05) is 0 Å². The van der Waals surface area contributed by atoms with Gasteiger partial charge in [-0.3, -0.25) is 0 Å². The van der Waals surface area contributed by atoms with Crippen LogP contribution in [0.25, 0.3) is 0 Å². The highest BCUT2D eigenvalue weighted by molar-refractivity contribution is 5.55. The molecule has 2 rings (SSSR count). The van der Waals surface area contributed by atoms with E-state index in [2.05, 4.69) is 5.32 Å². The van der Waals surface area contributed by atoms with Gasteiger partial charge in [-0.25, -0.2) is 13.2 Å². The third-order valence-corrected chi connectivity index (χ3v) is 2.21. The minimum absolute atomic E-state index is 0.0470. The number of benzene rings is 1. The van der Waals surface area contributed by atoms with E-state index in [0.29, 0.717) is 0 Å². The Morgan fingerprint density at radius 2 is 2.00 bits per heavy atom. The quantitative estimate of drug-likeness (QED) is 0.625. The molecule has 1 atom stereocenters. The molecule has 1 aliphatic heterocycles. The number of hydrogen-bond donors (Lipinski definition) is 2. The molecule has 0 spiro atoms. The summed E-state index contributed by atoms with van der Waals surface area (Å²) >= 11 is 0. The summed E-state index contributed by atoms with van der Waals surface area (Å²) in [4.78, 5) is 0. The lowest BCUT2D eigenvalue weighted by molar-refractivity contribution is 0.184. The Bertz CT molecular complexity index is 381. The highest BCUT2D eigenvalue weighted by Crippen LogP contribution is 2.28. The summed E-state index contributed by atoms with van der Waals surface area (Å²) in [6, 6.07) is 0.906. The number of hydrogen-bond acceptors (Lipinski definition) is 2. The van der Waals surface area contributed by atoms with Crippen LogP contribution in [-0.2, 0) is 6.42 Å². The summed E-state index contributed by atoms with van der Waals surface area (Å²) in [6.07, 6.45) is -0.553. The molecule has 0 saturated heterocycles. The molecule has 1 aromatic rings. The molecule has 1 heterocycles. The third-order valence-electron chi connectivity index (χ3n) is 2.21. The van der Waals surface area contributed by atoms with Gasteiger partial charge in [0.05, 0.1) is 11.8 Å². The molecular formula is C9H8F3NO. The molecule has 0 bridgehead atoms. The zero-order chi connectivity index (χ0) is 10.3. The van der Waals surface area contributed by atoms with Gasteiger partial charge in [0.1, 0.15) is 0 Å². The van der Waals surface area contributed by atoms with Crippen molar-refractivity contribution >= 4 is 5.69 Å². The van der Waals surface area contributed by atoms with Crippen LogP contribution in [0.5, 0.6) is 0 Å². The van der Waals surface area contributed by atoms with E-state index >= 15 is 0 Å². The lowest BCUT2D eigenvalue weighted by Gasteiger charge is -2.23. The molecule has 2 N–H and O–H groups in total. The molecule has 0 amide bonds. The smallest absolute Gasteiger partial charge is 0.196 e. The van der Waals surface area contributed by atoms with Gasteiger partial charge in [-0.2, -0.15) is 0 Å². The Hall–Kier alpha value is -1.23. The summed E-state index contributed by atoms with van der Waals surface area (Å²) in [5.74, 6) is -3.92. The first-order valence-corrected chi connectivity index (χ1v) is 4.18. The van der Waals surface area contributed by atoms with Gasteiger partial charge >= 0.3 is 0 Å². The molecule has 0 radical (unpaired) electrons. The highest BCUT2D eigenvalue weighted by atomic mass is 19.2. The Morgan fingerprint density at radius 1 is 1.29 bits per heavy atom. The van der Waals surface area contributed by atoms with Gasteiger partial charge in [0.2, 0.25) is 0 Å². The van der Waals surface area contributed by atoms with Crippen molar-refractivity contribution in [3.05, 3.63) is 29.1 Å². The van der Waals surface area contributed by atoms with Crippen molar-refractivity contribution in [2.24, 2.45) is 0 Å². The highest BCUT2D eigenvalue weighted by Gasteiger charge is 2.23. The van der Waals surface area contributed by atoms with E-state index in [1.165, 1.54) is 0 Å². The number of aliphatic hydroxyl groups excluding tert-OH is 1. The molecule has 1 aromatic carbocycles. The molecule has 76 valence electrons. The minimum Gasteiger partial charge on any atom is -0.391 e. The number of nitrogens with one attached hydrogen (secondary N) is 1. The van der Waals surface area contributed by atoms with E-state index < -0.39 is 23.6 Å². The van der Waals surface area contributed by atoms with E-state index in [9.17, 15) is 18.3 Å². The molecule has 1 aliphatic rings. The van der Waals surface area contributed by atoms with Crippen LogP contribution in [0.4, 0.5) is 18.9 Å². The second-order valence-electron chi connectivity index (χ2n) is 3.26. The fourth-order valence-corrected chi connectivity index (χ4v) is 1.54. The molecule has 0 aromatic heterocycles. The lowest BCUT2D eigenvalue weighted by atomic mass is 10.0. The topological polar surface area (TPSA) is 32.3 Å². The average molecular weight is 203 g/mol. The molecule has 0 fully saturated rings. The zero-order valence-corrected chi connectivity index (χ0v) is 7.15. The van der Waals surface area contributed by atoms with Crippen LogP contribution < -0.4 is 5.32 Å². The average Bonchev–Trinajstić information content (AvgIpc) is 2.14. The van der Waals surface area contributed by atoms with Crippen molar-refractivity contribution in [2.45, 2.75) is 12.5 Å². The number of halogens is 3. The SMILES string of the molecule is O[C@@H]1CNc2c(cc(F)c(F)c2F)C1. The Kier molecular flexibility index (Phi) is 2.11. The number of aliphatic hydroxyl groups is 1. The predicted molar refractivity (Wildman–Crippen MR) is 44.5 cm³/mol. The van der Waals surface area contributed by atoms with Crippen molar-refractivity contribution in [3.63, 3.8) is 0 Å². The van der Waals surface area contributed by atoms with Crippen LogP contribution in [0.3, 0.4) is 0 Å². The van der Waals surface area contributed by atoms with Crippen LogP contribution in [0.15, 0.2) is 6.07 Å². The first kappa shape index (κ1) is 9.33. The molecule has 0 aliphatic carbocycles. The van der Waals surface area contributed by atoms with Crippen molar-refractivity contribution in [1.82, 2.24) is 0 Å². The van der Waals surface area contributed by atoms with Gasteiger partial charge in [0.25, 0.3) is 0 Å². The standard InChI is InChI=1S/C9H8F3NO/c10-6-2-4-1-5(14)3-13-9(4)8(12)7(6)11/h2,5,13-14H,1,3H2/t5-/m0/s1. The van der Waals surface area contributed by atoms with Gasteiger partial charge in [0.15, 0.2) is 17.5 Å². The van der Waals surface area contributed by atoms with Gasteiger partial charge in [-0.15, -0.1) is 0 Å². The van der Waals surface area contributed by atoms with E-state index in [-0.39, 0.29) is 24.2 Å². The van der Waals surface area contributed by atoms with Gasteiger partial charge in [-0.05, 0) is 11.6 Å². The molecule has 0 unspecified atom stereocenters. The monoisotopic (exact) mass is 203 g/mol. The van der Waals surface area contributed by atoms with E-state index in [0.717, 1.165) is 6.07 Å². The van der Waals surface area contributed by atoms with Crippen molar-refractivity contribution < 1.29 is 18.3 Å². The Labute approximate surface area is 78.4 Å².